The highest BCUT2D eigenvalue weighted by Crippen LogP contribution is 2.31. The second kappa shape index (κ2) is 6.11. The molecule has 4 nitrogen and oxygen atoms in total. The van der Waals surface area contributed by atoms with Crippen LogP contribution < -0.4 is 10.0 Å². The largest absolute Gasteiger partial charge is 0.307 e. The van der Waals surface area contributed by atoms with Gasteiger partial charge in [0.25, 0.3) is 0 Å². The molecule has 2 rings (SSSR count). The average molecular weight is 353 g/mol. The fraction of sp³-hybridized carbons (Fsp3) is 0.684. The maximum Gasteiger partial charge on any atom is 0.241 e. The number of piperidine rings is 1. The van der Waals surface area contributed by atoms with Crippen molar-refractivity contribution in [1.82, 2.24) is 10.0 Å². The summed E-state index contributed by atoms with van der Waals surface area (Å²) in [5, 5.41) is 3.59. The van der Waals surface area contributed by atoms with Crippen molar-refractivity contribution < 1.29 is 8.42 Å². The van der Waals surface area contributed by atoms with Gasteiger partial charge in [-0.25, -0.2) is 13.1 Å². The van der Waals surface area contributed by atoms with Crippen LogP contribution in [0.3, 0.4) is 0 Å². The van der Waals surface area contributed by atoms with E-state index in [0.717, 1.165) is 35.1 Å². The molecule has 1 aliphatic heterocycles. The third kappa shape index (κ3) is 4.01. The van der Waals surface area contributed by atoms with Crippen molar-refractivity contribution in [3.8, 4) is 0 Å². The van der Waals surface area contributed by atoms with Gasteiger partial charge < -0.3 is 5.32 Å². The molecule has 1 aromatic carbocycles. The normalized spacial score (nSPS) is 21.0. The molecule has 0 radical (unpaired) electrons. The molecule has 1 saturated heterocycles. The Morgan fingerprint density at radius 2 is 1.38 bits per heavy atom. The molecule has 0 atom stereocenters. The van der Waals surface area contributed by atoms with E-state index in [1.165, 1.54) is 0 Å². The van der Waals surface area contributed by atoms with Crippen LogP contribution >= 0.6 is 0 Å². The molecular weight excluding hydrogens is 320 g/mol. The van der Waals surface area contributed by atoms with E-state index in [-0.39, 0.29) is 17.1 Å². The first-order valence-corrected chi connectivity index (χ1v) is 10.1. The molecule has 5 heteroatoms. The molecule has 0 unspecified atom stereocenters. The summed E-state index contributed by atoms with van der Waals surface area (Å²) in [7, 11) is -3.54. The van der Waals surface area contributed by atoms with Gasteiger partial charge in [-0.05, 0) is 90.5 Å². The highest BCUT2D eigenvalue weighted by atomic mass is 32.2. The molecule has 1 aliphatic rings. The lowest BCUT2D eigenvalue weighted by Crippen LogP contribution is -2.62. The second-order valence-corrected chi connectivity index (χ2v) is 10.4. The zero-order chi connectivity index (χ0) is 18.5. The van der Waals surface area contributed by atoms with E-state index in [2.05, 4.69) is 43.8 Å². The zero-order valence-electron chi connectivity index (χ0n) is 16.3. The first-order chi connectivity index (χ1) is 10.7. The Kier molecular flexibility index (Phi) is 4.95. The number of aryl methyl sites for hydroxylation is 2. The molecular formula is C19H32N2O2S. The van der Waals surface area contributed by atoms with E-state index >= 15 is 0 Å². The number of sulfonamides is 1. The van der Waals surface area contributed by atoms with Crippen LogP contribution in [0.15, 0.2) is 11.0 Å². The molecule has 136 valence electrons. The van der Waals surface area contributed by atoms with E-state index in [1.54, 1.807) is 0 Å². The summed E-state index contributed by atoms with van der Waals surface area (Å²) in [6, 6.07) is 1.99. The smallest absolute Gasteiger partial charge is 0.241 e. The van der Waals surface area contributed by atoms with Crippen molar-refractivity contribution in [2.45, 2.75) is 90.2 Å². The summed E-state index contributed by atoms with van der Waals surface area (Å²) in [5.41, 5.74) is 3.54. The fourth-order valence-corrected chi connectivity index (χ4v) is 6.12. The minimum atomic E-state index is -3.54. The molecule has 2 N–H and O–H groups in total. The van der Waals surface area contributed by atoms with Crippen LogP contribution in [0.4, 0.5) is 0 Å². The molecule has 0 aliphatic carbocycles. The van der Waals surface area contributed by atoms with Crippen molar-refractivity contribution in [3.63, 3.8) is 0 Å². The van der Waals surface area contributed by atoms with Gasteiger partial charge in [-0.2, -0.15) is 0 Å². The minimum absolute atomic E-state index is 0.0686. The Morgan fingerprint density at radius 1 is 0.958 bits per heavy atom. The summed E-state index contributed by atoms with van der Waals surface area (Å²) in [4.78, 5) is 0.453. The average Bonchev–Trinajstić information content (AvgIpc) is 2.31. The molecule has 24 heavy (non-hydrogen) atoms. The third-order valence-electron chi connectivity index (χ3n) is 5.08. The predicted octanol–water partition coefficient (Wildman–Crippen LogP) is 3.51. The van der Waals surface area contributed by atoms with Crippen LogP contribution in [0.25, 0.3) is 0 Å². The van der Waals surface area contributed by atoms with Crippen LogP contribution in [0.5, 0.6) is 0 Å². The lowest BCUT2D eigenvalue weighted by Gasteiger charge is -2.46. The number of benzene rings is 1. The number of nitrogens with one attached hydrogen (secondary N) is 2. The van der Waals surface area contributed by atoms with E-state index < -0.39 is 10.0 Å². The fourth-order valence-electron chi connectivity index (χ4n) is 4.27. The number of hydrogen-bond donors (Lipinski definition) is 2. The Labute approximate surface area is 147 Å². The Hall–Kier alpha value is -0.910. The Balaban J connectivity index is 2.40. The number of rotatable bonds is 3. The van der Waals surface area contributed by atoms with Gasteiger partial charge in [-0.15, -0.1) is 0 Å². The molecule has 0 saturated carbocycles. The third-order valence-corrected chi connectivity index (χ3v) is 6.87. The van der Waals surface area contributed by atoms with Crippen LogP contribution in [0, 0.1) is 27.7 Å². The quantitative estimate of drug-likeness (QED) is 0.875. The maximum absolute atomic E-state index is 13.1. The summed E-state index contributed by atoms with van der Waals surface area (Å²) in [5.74, 6) is 0. The lowest BCUT2D eigenvalue weighted by atomic mass is 9.80. The number of hydrogen-bond acceptors (Lipinski definition) is 3. The summed E-state index contributed by atoms with van der Waals surface area (Å²) >= 11 is 0. The van der Waals surface area contributed by atoms with E-state index in [0.29, 0.717) is 4.90 Å². The van der Waals surface area contributed by atoms with Crippen molar-refractivity contribution in [3.05, 3.63) is 28.3 Å². The van der Waals surface area contributed by atoms with Gasteiger partial charge in [0.05, 0.1) is 4.90 Å². The van der Waals surface area contributed by atoms with Gasteiger partial charge in [0, 0.05) is 17.1 Å². The summed E-state index contributed by atoms with van der Waals surface area (Å²) in [6.07, 6.45) is 1.55. The van der Waals surface area contributed by atoms with E-state index in [1.807, 2.05) is 27.7 Å². The van der Waals surface area contributed by atoms with Crippen LogP contribution in [-0.2, 0) is 10.0 Å². The standard InChI is InChI=1S/C19H32N2O2S/c1-12-9-13(2)15(4)17(14(12)3)24(22,23)20-16-10-18(5,6)21-19(7,8)11-16/h9,16,20-21H,10-11H2,1-8H3. The predicted molar refractivity (Wildman–Crippen MR) is 100 cm³/mol. The minimum Gasteiger partial charge on any atom is -0.307 e. The van der Waals surface area contributed by atoms with Gasteiger partial charge in [-0.3, -0.25) is 0 Å². The first kappa shape index (κ1) is 19.4. The summed E-state index contributed by atoms with van der Waals surface area (Å²) < 4.78 is 29.3. The van der Waals surface area contributed by atoms with Crippen LogP contribution in [0.2, 0.25) is 0 Å². The molecule has 0 spiro atoms. The van der Waals surface area contributed by atoms with Crippen LogP contribution in [0.1, 0.15) is 62.8 Å². The SMILES string of the molecule is Cc1cc(C)c(C)c(S(=O)(=O)NC2CC(C)(C)NC(C)(C)C2)c1C. The highest BCUT2D eigenvalue weighted by molar-refractivity contribution is 7.89. The first-order valence-electron chi connectivity index (χ1n) is 8.63. The molecule has 1 aromatic rings. The van der Waals surface area contributed by atoms with Gasteiger partial charge in [-0.1, -0.05) is 6.07 Å². The molecule has 0 amide bonds. The van der Waals surface area contributed by atoms with E-state index in [9.17, 15) is 8.42 Å². The van der Waals surface area contributed by atoms with Crippen molar-refractivity contribution >= 4 is 10.0 Å². The van der Waals surface area contributed by atoms with E-state index in [4.69, 9.17) is 0 Å². The zero-order valence-corrected chi connectivity index (χ0v) is 17.1. The second-order valence-electron chi connectivity index (χ2n) is 8.71. The van der Waals surface area contributed by atoms with Crippen molar-refractivity contribution in [2.24, 2.45) is 0 Å². The molecule has 1 heterocycles. The van der Waals surface area contributed by atoms with Crippen molar-refractivity contribution in [1.29, 1.82) is 0 Å². The molecule has 0 aromatic heterocycles. The van der Waals surface area contributed by atoms with Gasteiger partial charge in [0.1, 0.15) is 0 Å². The van der Waals surface area contributed by atoms with Crippen LogP contribution in [-0.4, -0.2) is 25.5 Å². The summed E-state index contributed by atoms with van der Waals surface area (Å²) in [6.45, 7) is 16.2. The lowest BCUT2D eigenvalue weighted by molar-refractivity contribution is 0.157. The Bertz CT molecular complexity index is 707. The Morgan fingerprint density at radius 3 is 1.79 bits per heavy atom. The van der Waals surface area contributed by atoms with Gasteiger partial charge in [0.2, 0.25) is 10.0 Å². The monoisotopic (exact) mass is 352 g/mol. The highest BCUT2D eigenvalue weighted by Gasteiger charge is 2.39. The van der Waals surface area contributed by atoms with Gasteiger partial charge >= 0.3 is 0 Å². The maximum atomic E-state index is 13.1. The van der Waals surface area contributed by atoms with Crippen molar-refractivity contribution in [2.75, 3.05) is 0 Å². The molecule has 1 fully saturated rings. The topological polar surface area (TPSA) is 58.2 Å². The molecule has 0 bridgehead atoms. The van der Waals surface area contributed by atoms with Gasteiger partial charge in [0.15, 0.2) is 0 Å².